The van der Waals surface area contributed by atoms with Gasteiger partial charge in [0.25, 0.3) is 11.5 Å². The molecule has 0 atom stereocenters. The maximum Gasteiger partial charge on any atom is 0.255 e. The Hall–Kier alpha value is -3.63. The highest BCUT2D eigenvalue weighted by Gasteiger charge is 2.52. The van der Waals surface area contributed by atoms with Gasteiger partial charge >= 0.3 is 0 Å². The molecule has 1 aromatic carbocycles. The Morgan fingerprint density at radius 2 is 1.80 bits per heavy atom. The highest BCUT2D eigenvalue weighted by Crippen LogP contribution is 2.52. The summed E-state index contributed by atoms with van der Waals surface area (Å²) in [6, 6.07) is 5.71. The van der Waals surface area contributed by atoms with E-state index >= 15 is 0 Å². The maximum atomic E-state index is 13.8. The van der Waals surface area contributed by atoms with E-state index in [4.69, 9.17) is 21.3 Å². The smallest absolute Gasteiger partial charge is 0.255 e. The first-order valence-electron chi connectivity index (χ1n) is 14.4. The molecule has 0 bridgehead atoms. The van der Waals surface area contributed by atoms with Gasteiger partial charge in [0.1, 0.15) is 0 Å². The van der Waals surface area contributed by atoms with Gasteiger partial charge < -0.3 is 24.4 Å². The molecular formula is C30H33ClN6O4. The summed E-state index contributed by atoms with van der Waals surface area (Å²) in [6.45, 7) is 3.42. The molecule has 1 spiro atoms. The number of aromatic nitrogens is 3. The second-order valence-corrected chi connectivity index (χ2v) is 11.9. The van der Waals surface area contributed by atoms with Gasteiger partial charge in [0.05, 0.1) is 29.9 Å². The van der Waals surface area contributed by atoms with E-state index in [-0.39, 0.29) is 17.4 Å². The molecule has 11 heteroatoms. The van der Waals surface area contributed by atoms with Gasteiger partial charge in [-0.05, 0) is 56.7 Å². The minimum Gasteiger partial charge on any atom is -0.378 e. The average Bonchev–Trinajstić information content (AvgIpc) is 3.57. The van der Waals surface area contributed by atoms with Crippen LogP contribution in [-0.2, 0) is 27.8 Å². The van der Waals surface area contributed by atoms with Crippen LogP contribution in [0.15, 0.2) is 29.2 Å². The minimum atomic E-state index is -0.724. The summed E-state index contributed by atoms with van der Waals surface area (Å²) in [7, 11) is 1.80. The summed E-state index contributed by atoms with van der Waals surface area (Å²) in [5.41, 5.74) is 4.79. The first kappa shape index (κ1) is 26.3. The van der Waals surface area contributed by atoms with Crippen LogP contribution >= 0.6 is 11.6 Å². The number of anilines is 2. The number of aryl methyl sites for hydroxylation is 1. The monoisotopic (exact) mass is 576 g/mol. The maximum absolute atomic E-state index is 13.8. The molecule has 1 aliphatic carbocycles. The molecule has 4 aliphatic rings. The first-order valence-corrected chi connectivity index (χ1v) is 14.8. The molecule has 0 radical (unpaired) electrons. The average molecular weight is 577 g/mol. The van der Waals surface area contributed by atoms with E-state index in [1.165, 1.54) is 0 Å². The predicted octanol–water partition coefficient (Wildman–Crippen LogP) is 3.28. The van der Waals surface area contributed by atoms with E-state index in [2.05, 4.69) is 14.9 Å². The number of hydrogen-bond acceptors (Lipinski definition) is 6. The zero-order chi connectivity index (χ0) is 28.3. The van der Waals surface area contributed by atoms with Crippen LogP contribution in [0.2, 0.25) is 5.02 Å². The van der Waals surface area contributed by atoms with Gasteiger partial charge in [-0.1, -0.05) is 11.6 Å². The number of nitrogens with zero attached hydrogens (tertiary/aromatic N) is 4. The number of likely N-dealkylation sites (N-methyl/N-ethyl adjacent to an activating group) is 1. The van der Waals surface area contributed by atoms with Crippen molar-refractivity contribution in [3.8, 4) is 11.3 Å². The molecule has 2 saturated heterocycles. The highest BCUT2D eigenvalue weighted by molar-refractivity contribution is 6.33. The molecule has 2 N–H and O–H groups in total. The summed E-state index contributed by atoms with van der Waals surface area (Å²) in [6.07, 6.45) is 6.57. The third-order valence-corrected chi connectivity index (χ3v) is 9.56. The molecule has 7 rings (SSSR count). The molecule has 0 unspecified atom stereocenters. The van der Waals surface area contributed by atoms with Crippen LogP contribution in [0.1, 0.15) is 52.9 Å². The summed E-state index contributed by atoms with van der Waals surface area (Å²) in [5, 5.41) is 0.541. The van der Waals surface area contributed by atoms with Crippen LogP contribution < -0.4 is 15.4 Å². The van der Waals surface area contributed by atoms with Crippen LogP contribution in [0, 0.1) is 0 Å². The lowest BCUT2D eigenvalue weighted by Gasteiger charge is -2.39. The van der Waals surface area contributed by atoms with Crippen molar-refractivity contribution >= 4 is 35.1 Å². The van der Waals surface area contributed by atoms with Crippen LogP contribution in [0.4, 0.5) is 11.6 Å². The van der Waals surface area contributed by atoms with E-state index in [9.17, 15) is 14.4 Å². The molecule has 2 fully saturated rings. The number of ether oxygens (including phenoxy) is 1. The van der Waals surface area contributed by atoms with Crippen LogP contribution in [0.25, 0.3) is 11.3 Å². The van der Waals surface area contributed by atoms with Crippen LogP contribution in [-0.4, -0.2) is 78.1 Å². The van der Waals surface area contributed by atoms with Gasteiger partial charge in [-0.15, -0.1) is 0 Å². The van der Waals surface area contributed by atoms with E-state index < -0.39 is 5.41 Å². The lowest BCUT2D eigenvalue weighted by Crippen LogP contribution is -2.49. The van der Waals surface area contributed by atoms with Crippen molar-refractivity contribution in [3.05, 3.63) is 62.2 Å². The first-order chi connectivity index (χ1) is 19.9. The third-order valence-electron chi connectivity index (χ3n) is 9.26. The van der Waals surface area contributed by atoms with Crippen LogP contribution in [0.3, 0.4) is 0 Å². The molecule has 10 nitrogen and oxygen atoms in total. The van der Waals surface area contributed by atoms with E-state index in [0.717, 1.165) is 59.4 Å². The number of aromatic amines is 2. The zero-order valence-corrected chi connectivity index (χ0v) is 23.9. The Balaban J connectivity index is 1.15. The van der Waals surface area contributed by atoms with Crippen molar-refractivity contribution in [1.82, 2.24) is 19.9 Å². The molecule has 0 saturated carbocycles. The normalized spacial score (nSPS) is 20.0. The zero-order valence-electron chi connectivity index (χ0n) is 23.1. The fraction of sp³-hybridized carbons (Fsp3) is 0.467. The fourth-order valence-electron chi connectivity index (χ4n) is 6.96. The van der Waals surface area contributed by atoms with E-state index in [1.54, 1.807) is 23.0 Å². The van der Waals surface area contributed by atoms with Crippen molar-refractivity contribution in [2.75, 3.05) is 56.2 Å². The van der Waals surface area contributed by atoms with E-state index in [1.807, 2.05) is 18.2 Å². The predicted molar refractivity (Wildman–Crippen MR) is 156 cm³/mol. The minimum absolute atomic E-state index is 0.0316. The quantitative estimate of drug-likeness (QED) is 0.495. The molecule has 2 amide bonds. The topological polar surface area (TPSA) is 115 Å². The van der Waals surface area contributed by atoms with Gasteiger partial charge in [0, 0.05) is 72.5 Å². The fourth-order valence-corrected chi connectivity index (χ4v) is 7.36. The van der Waals surface area contributed by atoms with Crippen LogP contribution in [0.5, 0.6) is 0 Å². The van der Waals surface area contributed by atoms with Crippen molar-refractivity contribution in [3.63, 3.8) is 0 Å². The lowest BCUT2D eigenvalue weighted by atomic mass is 9.73. The number of amides is 2. The number of rotatable bonds is 3. The molecule has 5 heterocycles. The number of piperidine rings is 1. The number of hydrogen-bond donors (Lipinski definition) is 2. The number of carbonyl (C=O) groups excluding carboxylic acids is 2. The third kappa shape index (κ3) is 4.26. The van der Waals surface area contributed by atoms with Gasteiger partial charge in [-0.25, -0.2) is 4.98 Å². The Bertz CT molecular complexity index is 1600. The number of carbonyl (C=O) groups is 2. The van der Waals surface area contributed by atoms with Crippen molar-refractivity contribution in [2.24, 2.45) is 0 Å². The Morgan fingerprint density at radius 3 is 2.59 bits per heavy atom. The van der Waals surface area contributed by atoms with Crippen molar-refractivity contribution in [2.45, 2.75) is 43.9 Å². The second kappa shape index (κ2) is 10.0. The number of morpholine rings is 1. The van der Waals surface area contributed by atoms with Gasteiger partial charge in [-0.3, -0.25) is 19.4 Å². The Morgan fingerprint density at radius 1 is 1.05 bits per heavy atom. The Labute approximate surface area is 242 Å². The van der Waals surface area contributed by atoms with Gasteiger partial charge in [-0.2, -0.15) is 0 Å². The van der Waals surface area contributed by atoms with Gasteiger partial charge in [0.2, 0.25) is 11.9 Å². The molecule has 3 aromatic rings. The largest absolute Gasteiger partial charge is 0.378 e. The number of H-pyrrole nitrogens is 2. The number of fused-ring (bicyclic) bond motifs is 3. The molecular weight excluding hydrogens is 544 g/mol. The summed E-state index contributed by atoms with van der Waals surface area (Å²) in [5.74, 6) is 0.601. The SMILES string of the molecule is CN1C(=O)C2(CCN(c3nc4c(c(=O)[nH]3)CCCC4)CC2)c2c(Cl)cc(-c3cc(C(=O)N4CCOCC4)c[nH]3)cc21. The summed E-state index contributed by atoms with van der Waals surface area (Å²) < 4.78 is 5.37. The Kier molecular flexibility index (Phi) is 6.43. The highest BCUT2D eigenvalue weighted by atomic mass is 35.5. The van der Waals surface area contributed by atoms with E-state index in [0.29, 0.717) is 68.8 Å². The number of halogens is 1. The molecule has 3 aliphatic heterocycles. The standard InChI is InChI=1S/C30H33ClN6O4/c1-35-24-16-18(23-15-19(17-32-23)27(39)36-10-12-41-13-11-36)14-21(31)25(24)30(28(35)40)6-8-37(9-7-30)29-33-22-5-3-2-4-20(22)26(38)34-29/h14-17,32H,2-13H2,1H3,(H,33,34,38). The summed E-state index contributed by atoms with van der Waals surface area (Å²) in [4.78, 5) is 56.1. The van der Waals surface area contributed by atoms with Gasteiger partial charge in [0.15, 0.2) is 0 Å². The van der Waals surface area contributed by atoms with Crippen molar-refractivity contribution in [1.29, 1.82) is 0 Å². The second-order valence-electron chi connectivity index (χ2n) is 11.5. The lowest BCUT2D eigenvalue weighted by molar-refractivity contribution is -0.123. The van der Waals surface area contributed by atoms with Crippen molar-refractivity contribution < 1.29 is 14.3 Å². The molecule has 2 aromatic heterocycles. The molecule has 41 heavy (non-hydrogen) atoms. The number of benzene rings is 1. The molecule has 214 valence electrons. The summed E-state index contributed by atoms with van der Waals surface area (Å²) >= 11 is 6.97. The number of nitrogens with one attached hydrogen (secondary N) is 2.